The number of aryl methyl sites for hydroxylation is 1. The summed E-state index contributed by atoms with van der Waals surface area (Å²) in [6.45, 7) is 4.35. The highest BCUT2D eigenvalue weighted by molar-refractivity contribution is 5.92. The van der Waals surface area contributed by atoms with E-state index >= 15 is 0 Å². The fraction of sp³-hybridized carbons (Fsp3) is 0.529. The molecule has 21 heavy (non-hydrogen) atoms. The molecule has 4 nitrogen and oxygen atoms in total. The quantitative estimate of drug-likeness (QED) is 0.842. The van der Waals surface area contributed by atoms with E-state index in [1.807, 2.05) is 13.0 Å². The maximum absolute atomic E-state index is 11.2. The van der Waals surface area contributed by atoms with Gasteiger partial charge in [-0.15, -0.1) is 0 Å². The zero-order valence-electron chi connectivity index (χ0n) is 12.7. The second kappa shape index (κ2) is 5.51. The van der Waals surface area contributed by atoms with Gasteiger partial charge in [-0.25, -0.2) is 9.78 Å². The summed E-state index contributed by atoms with van der Waals surface area (Å²) in [6.07, 6.45) is 6.09. The van der Waals surface area contributed by atoms with E-state index in [1.165, 1.54) is 19.3 Å². The molecule has 1 fully saturated rings. The molecule has 112 valence electrons. The van der Waals surface area contributed by atoms with Crippen molar-refractivity contribution in [3.05, 3.63) is 29.6 Å². The van der Waals surface area contributed by atoms with Crippen LogP contribution in [0.25, 0.3) is 11.0 Å². The van der Waals surface area contributed by atoms with Crippen molar-refractivity contribution in [1.29, 1.82) is 0 Å². The Morgan fingerprint density at radius 3 is 2.86 bits per heavy atom. The number of aromatic nitrogens is 2. The van der Waals surface area contributed by atoms with Crippen molar-refractivity contribution >= 4 is 17.0 Å². The Kier molecular flexibility index (Phi) is 3.70. The van der Waals surface area contributed by atoms with Crippen molar-refractivity contribution in [3.8, 4) is 0 Å². The predicted octanol–water partition coefficient (Wildman–Crippen LogP) is 4.18. The van der Waals surface area contributed by atoms with Gasteiger partial charge in [0.05, 0.1) is 16.6 Å². The second-order valence-corrected chi connectivity index (χ2v) is 6.30. The first kappa shape index (κ1) is 14.1. The molecule has 0 spiro atoms. The molecule has 1 aliphatic rings. The van der Waals surface area contributed by atoms with Crippen LogP contribution in [0.2, 0.25) is 0 Å². The number of hydrogen-bond acceptors (Lipinski definition) is 2. The smallest absolute Gasteiger partial charge is 0.335 e. The summed E-state index contributed by atoms with van der Waals surface area (Å²) in [5.41, 5.74) is 2.20. The number of aromatic carboxylic acids is 1. The molecule has 1 heterocycles. The summed E-state index contributed by atoms with van der Waals surface area (Å²) in [7, 11) is 0. The Bertz CT molecular complexity index is 675. The summed E-state index contributed by atoms with van der Waals surface area (Å²) < 4.78 is 2.26. The number of nitrogens with zero attached hydrogens (tertiary/aromatic N) is 2. The molecule has 2 aromatic rings. The fourth-order valence-corrected chi connectivity index (χ4v) is 3.53. The number of fused-ring (bicyclic) bond motifs is 1. The van der Waals surface area contributed by atoms with E-state index in [0.717, 1.165) is 35.6 Å². The third-order valence-electron chi connectivity index (χ3n) is 4.70. The fourth-order valence-electron chi connectivity index (χ4n) is 3.53. The Morgan fingerprint density at radius 2 is 2.10 bits per heavy atom. The molecular weight excluding hydrogens is 264 g/mol. The summed E-state index contributed by atoms with van der Waals surface area (Å²) in [4.78, 5) is 15.8. The van der Waals surface area contributed by atoms with E-state index in [-0.39, 0.29) is 0 Å². The first-order valence-corrected chi connectivity index (χ1v) is 7.78. The lowest BCUT2D eigenvalue weighted by molar-refractivity contribution is 0.0697. The molecule has 2 atom stereocenters. The van der Waals surface area contributed by atoms with Crippen LogP contribution in [0.1, 0.15) is 61.3 Å². The maximum Gasteiger partial charge on any atom is 0.335 e. The lowest BCUT2D eigenvalue weighted by Crippen LogP contribution is -2.10. The predicted molar refractivity (Wildman–Crippen MR) is 82.7 cm³/mol. The number of carboxylic acid groups (broad SMARTS) is 1. The van der Waals surface area contributed by atoms with Gasteiger partial charge in [-0.3, -0.25) is 0 Å². The highest BCUT2D eigenvalue weighted by Crippen LogP contribution is 2.33. The molecule has 0 aliphatic heterocycles. The van der Waals surface area contributed by atoms with E-state index in [0.29, 0.717) is 11.6 Å². The first-order valence-electron chi connectivity index (χ1n) is 7.78. The zero-order chi connectivity index (χ0) is 15.0. The van der Waals surface area contributed by atoms with Crippen LogP contribution in [0.4, 0.5) is 0 Å². The van der Waals surface area contributed by atoms with Crippen molar-refractivity contribution in [3.63, 3.8) is 0 Å². The summed E-state index contributed by atoms with van der Waals surface area (Å²) in [6, 6.07) is 5.67. The van der Waals surface area contributed by atoms with E-state index < -0.39 is 5.97 Å². The number of carboxylic acids is 1. The van der Waals surface area contributed by atoms with Gasteiger partial charge in [0, 0.05) is 6.04 Å². The molecule has 1 aromatic carbocycles. The van der Waals surface area contributed by atoms with Gasteiger partial charge >= 0.3 is 5.97 Å². The average Bonchev–Trinajstić information content (AvgIpc) is 2.62. The van der Waals surface area contributed by atoms with Crippen LogP contribution in [-0.2, 0) is 0 Å². The van der Waals surface area contributed by atoms with Crippen LogP contribution in [0.3, 0.4) is 0 Å². The number of benzene rings is 1. The monoisotopic (exact) mass is 286 g/mol. The Morgan fingerprint density at radius 1 is 1.29 bits per heavy atom. The number of carbonyl (C=O) groups is 1. The zero-order valence-corrected chi connectivity index (χ0v) is 12.7. The minimum Gasteiger partial charge on any atom is -0.478 e. The Balaban J connectivity index is 2.05. The van der Waals surface area contributed by atoms with Crippen molar-refractivity contribution in [2.24, 2.45) is 5.92 Å². The van der Waals surface area contributed by atoms with E-state index in [4.69, 9.17) is 0 Å². The minimum atomic E-state index is -0.878. The van der Waals surface area contributed by atoms with Crippen LogP contribution < -0.4 is 0 Å². The third kappa shape index (κ3) is 2.67. The molecule has 3 rings (SSSR count). The Hall–Kier alpha value is -1.84. The van der Waals surface area contributed by atoms with Crippen LogP contribution in [-0.4, -0.2) is 20.6 Å². The van der Waals surface area contributed by atoms with Gasteiger partial charge in [-0.05, 0) is 50.3 Å². The summed E-state index contributed by atoms with van der Waals surface area (Å²) >= 11 is 0. The van der Waals surface area contributed by atoms with Crippen LogP contribution in [0.5, 0.6) is 0 Å². The molecule has 0 radical (unpaired) electrons. The number of imidazole rings is 1. The molecule has 0 saturated heterocycles. The van der Waals surface area contributed by atoms with Gasteiger partial charge in [0.2, 0.25) is 0 Å². The van der Waals surface area contributed by atoms with Gasteiger partial charge in [0.25, 0.3) is 0 Å². The SMILES string of the molecule is Cc1nc2ccc(C(=O)O)cc2n1C1CCCC(C)CC1. The molecular formula is C17H22N2O2. The van der Waals surface area contributed by atoms with Gasteiger partial charge in [-0.2, -0.15) is 0 Å². The molecule has 4 heteroatoms. The van der Waals surface area contributed by atoms with Gasteiger partial charge in [0.15, 0.2) is 0 Å². The molecule has 1 aromatic heterocycles. The van der Waals surface area contributed by atoms with E-state index in [9.17, 15) is 9.90 Å². The molecule has 2 unspecified atom stereocenters. The van der Waals surface area contributed by atoms with Gasteiger partial charge in [-0.1, -0.05) is 19.8 Å². The van der Waals surface area contributed by atoms with Crippen molar-refractivity contribution in [2.75, 3.05) is 0 Å². The Labute approximate surface area is 124 Å². The van der Waals surface area contributed by atoms with Gasteiger partial charge in [0.1, 0.15) is 5.82 Å². The molecule has 1 saturated carbocycles. The second-order valence-electron chi connectivity index (χ2n) is 6.30. The van der Waals surface area contributed by atoms with E-state index in [2.05, 4.69) is 16.5 Å². The van der Waals surface area contributed by atoms with Crippen LogP contribution >= 0.6 is 0 Å². The lowest BCUT2D eigenvalue weighted by atomic mass is 10.0. The highest BCUT2D eigenvalue weighted by Gasteiger charge is 2.21. The van der Waals surface area contributed by atoms with E-state index in [1.54, 1.807) is 12.1 Å². The lowest BCUT2D eigenvalue weighted by Gasteiger charge is -2.19. The van der Waals surface area contributed by atoms with Crippen molar-refractivity contribution in [2.45, 2.75) is 52.0 Å². The summed E-state index contributed by atoms with van der Waals surface area (Å²) in [5.74, 6) is 0.906. The maximum atomic E-state index is 11.2. The first-order chi connectivity index (χ1) is 10.1. The summed E-state index contributed by atoms with van der Waals surface area (Å²) in [5, 5.41) is 9.20. The standard InChI is InChI=1S/C17H22N2O2/c1-11-4-3-5-14(8-6-11)19-12(2)18-15-9-7-13(17(20)21)10-16(15)19/h7,9-11,14H,3-6,8H2,1-2H3,(H,20,21). The number of hydrogen-bond donors (Lipinski definition) is 1. The van der Waals surface area contributed by atoms with Crippen LogP contribution in [0, 0.1) is 12.8 Å². The largest absolute Gasteiger partial charge is 0.478 e. The van der Waals surface area contributed by atoms with Gasteiger partial charge < -0.3 is 9.67 Å². The molecule has 1 aliphatic carbocycles. The molecule has 0 bridgehead atoms. The highest BCUT2D eigenvalue weighted by atomic mass is 16.4. The molecule has 0 amide bonds. The topological polar surface area (TPSA) is 55.1 Å². The van der Waals surface area contributed by atoms with Crippen molar-refractivity contribution in [1.82, 2.24) is 9.55 Å². The normalized spacial score (nSPS) is 23.1. The average molecular weight is 286 g/mol. The van der Waals surface area contributed by atoms with Crippen LogP contribution in [0.15, 0.2) is 18.2 Å². The minimum absolute atomic E-state index is 0.339. The number of rotatable bonds is 2. The third-order valence-corrected chi connectivity index (χ3v) is 4.70. The molecule has 1 N–H and O–H groups in total. The van der Waals surface area contributed by atoms with Crippen molar-refractivity contribution < 1.29 is 9.90 Å².